The van der Waals surface area contributed by atoms with E-state index in [-0.39, 0.29) is 6.10 Å². The van der Waals surface area contributed by atoms with Crippen LogP contribution in [-0.2, 0) is 4.74 Å². The summed E-state index contributed by atoms with van der Waals surface area (Å²) < 4.78 is 7.40. The van der Waals surface area contributed by atoms with Crippen molar-refractivity contribution >= 4 is 55.0 Å². The van der Waals surface area contributed by atoms with E-state index in [9.17, 15) is 0 Å². The summed E-state index contributed by atoms with van der Waals surface area (Å²) in [7, 11) is 0. The molecule has 1 aliphatic rings. The summed E-state index contributed by atoms with van der Waals surface area (Å²) in [5.41, 5.74) is 1.08. The number of anilines is 1. The standard InChI is InChI=1S/C12H15Br2N3OS/c1-7-9(13)6-15-11(10(7)14)17-12(19)16-5-8-3-2-4-18-8/h6,8H,2-5H2,1H3,(H2,15,16,17,19)/t8-/m0/s1. The number of thiocarbonyl (C=S) groups is 1. The Bertz CT molecular complexity index is 478. The van der Waals surface area contributed by atoms with Crippen LogP contribution in [0.15, 0.2) is 15.1 Å². The van der Waals surface area contributed by atoms with Crippen LogP contribution in [0.4, 0.5) is 5.82 Å². The Balaban J connectivity index is 1.89. The van der Waals surface area contributed by atoms with Gasteiger partial charge in [0.25, 0.3) is 0 Å². The molecule has 0 saturated carbocycles. The SMILES string of the molecule is Cc1c(Br)cnc(NC(=S)NC[C@@H]2CCCO2)c1Br. The maximum Gasteiger partial charge on any atom is 0.172 e. The predicted molar refractivity (Wildman–Crippen MR) is 87.6 cm³/mol. The summed E-state index contributed by atoms with van der Waals surface area (Å²) in [5.74, 6) is 0.713. The summed E-state index contributed by atoms with van der Waals surface area (Å²) >= 11 is 12.2. The van der Waals surface area contributed by atoms with E-state index in [1.165, 1.54) is 0 Å². The van der Waals surface area contributed by atoms with E-state index >= 15 is 0 Å². The van der Waals surface area contributed by atoms with Gasteiger partial charge in [0.15, 0.2) is 5.11 Å². The third kappa shape index (κ3) is 4.11. The Kier molecular flexibility index (Phi) is 5.56. The highest BCUT2D eigenvalue weighted by Gasteiger charge is 2.16. The Hall–Kier alpha value is -0.240. The van der Waals surface area contributed by atoms with Gasteiger partial charge in [-0.2, -0.15) is 0 Å². The largest absolute Gasteiger partial charge is 0.376 e. The second kappa shape index (κ2) is 6.97. The first kappa shape index (κ1) is 15.2. The van der Waals surface area contributed by atoms with E-state index in [0.29, 0.717) is 10.9 Å². The molecule has 0 aromatic carbocycles. The van der Waals surface area contributed by atoms with Gasteiger partial charge in [-0.05, 0) is 69.4 Å². The zero-order valence-corrected chi connectivity index (χ0v) is 14.5. The first-order chi connectivity index (χ1) is 9.08. The molecule has 7 heteroatoms. The van der Waals surface area contributed by atoms with Crippen LogP contribution in [0, 0.1) is 6.92 Å². The molecule has 2 heterocycles. The van der Waals surface area contributed by atoms with Gasteiger partial charge in [0, 0.05) is 23.8 Å². The van der Waals surface area contributed by atoms with Crippen molar-refractivity contribution < 1.29 is 4.74 Å². The van der Waals surface area contributed by atoms with Gasteiger partial charge >= 0.3 is 0 Å². The van der Waals surface area contributed by atoms with E-state index < -0.39 is 0 Å². The Morgan fingerprint density at radius 1 is 1.58 bits per heavy atom. The minimum absolute atomic E-state index is 0.266. The maximum atomic E-state index is 5.53. The third-order valence-electron chi connectivity index (χ3n) is 2.95. The minimum atomic E-state index is 0.266. The van der Waals surface area contributed by atoms with Crippen molar-refractivity contribution in [2.75, 3.05) is 18.5 Å². The fourth-order valence-corrected chi connectivity index (χ4v) is 2.97. The summed E-state index contributed by atoms with van der Waals surface area (Å²) in [6.07, 6.45) is 4.24. The Morgan fingerprint density at radius 2 is 2.37 bits per heavy atom. The Labute approximate surface area is 135 Å². The van der Waals surface area contributed by atoms with Crippen LogP contribution in [0.3, 0.4) is 0 Å². The number of ether oxygens (including phenoxy) is 1. The van der Waals surface area contributed by atoms with E-state index in [1.807, 2.05) is 6.92 Å². The van der Waals surface area contributed by atoms with E-state index in [0.717, 1.165) is 40.5 Å². The summed E-state index contributed by atoms with van der Waals surface area (Å²) in [4.78, 5) is 4.29. The number of nitrogens with one attached hydrogen (secondary N) is 2. The van der Waals surface area contributed by atoms with Crippen LogP contribution in [0.25, 0.3) is 0 Å². The van der Waals surface area contributed by atoms with Gasteiger partial charge in [-0.3, -0.25) is 0 Å². The average molecular weight is 409 g/mol. The van der Waals surface area contributed by atoms with Crippen LogP contribution < -0.4 is 10.6 Å². The fourth-order valence-electron chi connectivity index (χ4n) is 1.81. The van der Waals surface area contributed by atoms with Gasteiger partial charge < -0.3 is 15.4 Å². The first-order valence-corrected chi connectivity index (χ1v) is 8.04. The number of hydrogen-bond donors (Lipinski definition) is 2. The third-order valence-corrected chi connectivity index (χ3v) is 4.96. The molecule has 1 fully saturated rings. The van der Waals surface area contributed by atoms with Crippen molar-refractivity contribution in [2.45, 2.75) is 25.9 Å². The first-order valence-electron chi connectivity index (χ1n) is 6.05. The number of pyridine rings is 1. The molecule has 104 valence electrons. The molecule has 1 atom stereocenters. The van der Waals surface area contributed by atoms with Gasteiger partial charge in [0.2, 0.25) is 0 Å². The molecular weight excluding hydrogens is 394 g/mol. The van der Waals surface area contributed by atoms with Crippen molar-refractivity contribution in [1.82, 2.24) is 10.3 Å². The number of aromatic nitrogens is 1. The molecule has 0 aliphatic carbocycles. The highest BCUT2D eigenvalue weighted by Crippen LogP contribution is 2.29. The predicted octanol–water partition coefficient (Wildman–Crippen LogP) is 3.38. The molecule has 1 aliphatic heterocycles. The van der Waals surface area contributed by atoms with Crippen molar-refractivity contribution in [1.29, 1.82) is 0 Å². The molecule has 4 nitrogen and oxygen atoms in total. The van der Waals surface area contributed by atoms with Crippen LogP contribution in [0.1, 0.15) is 18.4 Å². The summed E-state index contributed by atoms with van der Waals surface area (Å²) in [6.45, 7) is 3.59. The van der Waals surface area contributed by atoms with E-state index in [2.05, 4.69) is 47.5 Å². The van der Waals surface area contributed by atoms with Gasteiger partial charge in [-0.25, -0.2) is 4.98 Å². The monoisotopic (exact) mass is 407 g/mol. The topological polar surface area (TPSA) is 46.2 Å². The van der Waals surface area contributed by atoms with Crippen LogP contribution in [-0.4, -0.2) is 29.4 Å². The van der Waals surface area contributed by atoms with Crippen molar-refractivity contribution in [3.8, 4) is 0 Å². The highest BCUT2D eigenvalue weighted by atomic mass is 79.9. The Morgan fingerprint density at radius 3 is 3.05 bits per heavy atom. The fraction of sp³-hybridized carbons (Fsp3) is 0.500. The lowest BCUT2D eigenvalue weighted by Gasteiger charge is -2.15. The van der Waals surface area contributed by atoms with Crippen LogP contribution in [0.2, 0.25) is 0 Å². The zero-order valence-electron chi connectivity index (χ0n) is 10.5. The lowest BCUT2D eigenvalue weighted by atomic mass is 10.2. The number of nitrogens with zero attached hydrogens (tertiary/aromatic N) is 1. The summed E-state index contributed by atoms with van der Waals surface area (Å²) in [6, 6.07) is 0. The molecule has 1 aromatic rings. The lowest BCUT2D eigenvalue weighted by molar-refractivity contribution is 0.114. The molecule has 0 amide bonds. The molecule has 2 N–H and O–H groups in total. The normalized spacial score (nSPS) is 18.4. The van der Waals surface area contributed by atoms with Gasteiger partial charge in [-0.1, -0.05) is 0 Å². The molecular formula is C12H15Br2N3OS. The van der Waals surface area contributed by atoms with Crippen molar-refractivity contribution in [2.24, 2.45) is 0 Å². The molecule has 0 radical (unpaired) electrons. The number of rotatable bonds is 3. The molecule has 2 rings (SSSR count). The van der Waals surface area contributed by atoms with Gasteiger partial charge in [0.05, 0.1) is 10.6 Å². The lowest BCUT2D eigenvalue weighted by Crippen LogP contribution is -2.35. The summed E-state index contributed by atoms with van der Waals surface area (Å²) in [5, 5.41) is 6.81. The molecule has 19 heavy (non-hydrogen) atoms. The van der Waals surface area contributed by atoms with Crippen molar-refractivity contribution in [3.05, 3.63) is 20.7 Å². The minimum Gasteiger partial charge on any atom is -0.376 e. The van der Waals surface area contributed by atoms with E-state index in [4.69, 9.17) is 17.0 Å². The van der Waals surface area contributed by atoms with Crippen LogP contribution in [0.5, 0.6) is 0 Å². The smallest absolute Gasteiger partial charge is 0.172 e. The van der Waals surface area contributed by atoms with Crippen molar-refractivity contribution in [3.63, 3.8) is 0 Å². The maximum absolute atomic E-state index is 5.53. The highest BCUT2D eigenvalue weighted by molar-refractivity contribution is 9.11. The zero-order chi connectivity index (χ0) is 13.8. The van der Waals surface area contributed by atoms with Gasteiger partial charge in [-0.15, -0.1) is 0 Å². The molecule has 0 bridgehead atoms. The molecule has 1 saturated heterocycles. The van der Waals surface area contributed by atoms with E-state index in [1.54, 1.807) is 6.20 Å². The second-order valence-electron chi connectivity index (χ2n) is 4.36. The van der Waals surface area contributed by atoms with Crippen LogP contribution >= 0.6 is 44.1 Å². The number of halogens is 2. The average Bonchev–Trinajstić information content (AvgIpc) is 2.90. The molecule has 1 aromatic heterocycles. The van der Waals surface area contributed by atoms with Gasteiger partial charge in [0.1, 0.15) is 5.82 Å². The number of hydrogen-bond acceptors (Lipinski definition) is 3. The molecule has 0 unspecified atom stereocenters. The quantitative estimate of drug-likeness (QED) is 0.750. The molecule has 0 spiro atoms. The second-order valence-corrected chi connectivity index (χ2v) is 6.42.